The van der Waals surface area contributed by atoms with Crippen LogP contribution in [-0.2, 0) is 11.3 Å². The highest BCUT2D eigenvalue weighted by Gasteiger charge is 2.50. The molecule has 9 heteroatoms. The lowest BCUT2D eigenvalue weighted by Crippen LogP contribution is -2.44. The SMILES string of the molecule is COc1ccccc1[C@@H](NC(=O)OCc1ccccc1)C(Cl)(Cl)[N+](=O)[O-]. The van der Waals surface area contributed by atoms with E-state index in [-0.39, 0.29) is 17.9 Å². The van der Waals surface area contributed by atoms with Crippen molar-refractivity contribution in [2.75, 3.05) is 7.11 Å². The van der Waals surface area contributed by atoms with Crippen molar-refractivity contribution in [1.82, 2.24) is 5.32 Å². The molecule has 138 valence electrons. The van der Waals surface area contributed by atoms with E-state index in [9.17, 15) is 14.9 Å². The van der Waals surface area contributed by atoms with Gasteiger partial charge in [-0.05, 0) is 34.8 Å². The van der Waals surface area contributed by atoms with Crippen LogP contribution in [0.3, 0.4) is 0 Å². The van der Waals surface area contributed by atoms with Gasteiger partial charge in [0.2, 0.25) is 0 Å². The average molecular weight is 399 g/mol. The molecule has 0 aliphatic rings. The minimum absolute atomic E-state index is 0.0125. The summed E-state index contributed by atoms with van der Waals surface area (Å²) >= 11 is 11.8. The molecule has 1 N–H and O–H groups in total. The van der Waals surface area contributed by atoms with Gasteiger partial charge < -0.3 is 14.8 Å². The zero-order chi connectivity index (χ0) is 19.2. The molecule has 2 aromatic carbocycles. The molecule has 0 fully saturated rings. The molecule has 2 aromatic rings. The number of rotatable bonds is 7. The lowest BCUT2D eigenvalue weighted by Gasteiger charge is -2.25. The first-order valence-electron chi connectivity index (χ1n) is 7.48. The van der Waals surface area contributed by atoms with Gasteiger partial charge in [-0.3, -0.25) is 10.1 Å². The van der Waals surface area contributed by atoms with Gasteiger partial charge in [-0.1, -0.05) is 48.5 Å². The molecular formula is C17H16Cl2N2O5. The van der Waals surface area contributed by atoms with Crippen molar-refractivity contribution in [3.63, 3.8) is 0 Å². The highest BCUT2D eigenvalue weighted by Crippen LogP contribution is 2.40. The molecule has 0 saturated carbocycles. The van der Waals surface area contributed by atoms with Crippen molar-refractivity contribution in [2.45, 2.75) is 17.1 Å². The minimum atomic E-state index is -2.53. The maximum absolute atomic E-state index is 12.2. The summed E-state index contributed by atoms with van der Waals surface area (Å²) in [5, 5.41) is 13.7. The maximum Gasteiger partial charge on any atom is 0.408 e. The number of ether oxygens (including phenoxy) is 2. The topological polar surface area (TPSA) is 90.7 Å². The first-order chi connectivity index (χ1) is 12.4. The van der Waals surface area contributed by atoms with E-state index >= 15 is 0 Å². The molecular weight excluding hydrogens is 383 g/mol. The summed E-state index contributed by atoms with van der Waals surface area (Å²) in [5.74, 6) is 0.286. The summed E-state index contributed by atoms with van der Waals surface area (Å²) in [6.07, 6.45) is -0.905. The fourth-order valence-corrected chi connectivity index (χ4v) is 2.59. The zero-order valence-electron chi connectivity index (χ0n) is 13.7. The highest BCUT2D eigenvalue weighted by atomic mass is 35.5. The molecule has 0 unspecified atom stereocenters. The van der Waals surface area contributed by atoms with Crippen LogP contribution in [0.2, 0.25) is 0 Å². The average Bonchev–Trinajstić information content (AvgIpc) is 2.65. The first-order valence-corrected chi connectivity index (χ1v) is 8.24. The van der Waals surface area contributed by atoms with Gasteiger partial charge >= 0.3 is 10.6 Å². The zero-order valence-corrected chi connectivity index (χ0v) is 15.2. The van der Waals surface area contributed by atoms with Gasteiger partial charge in [0, 0.05) is 5.56 Å². The summed E-state index contributed by atoms with van der Waals surface area (Å²) in [7, 11) is 1.39. The van der Waals surface area contributed by atoms with Gasteiger partial charge in [0.25, 0.3) is 0 Å². The summed E-state index contributed by atoms with van der Waals surface area (Å²) < 4.78 is 7.75. The first kappa shape index (κ1) is 19.8. The fourth-order valence-electron chi connectivity index (χ4n) is 2.24. The Hall–Kier alpha value is -2.51. The van der Waals surface area contributed by atoms with Crippen molar-refractivity contribution in [2.24, 2.45) is 0 Å². The molecule has 1 amide bonds. The lowest BCUT2D eigenvalue weighted by atomic mass is 10.1. The minimum Gasteiger partial charge on any atom is -0.496 e. The molecule has 1 atom stereocenters. The van der Waals surface area contributed by atoms with Crippen LogP contribution < -0.4 is 10.1 Å². The Morgan fingerprint density at radius 3 is 2.42 bits per heavy atom. The van der Waals surface area contributed by atoms with E-state index in [0.29, 0.717) is 0 Å². The maximum atomic E-state index is 12.2. The molecule has 0 aromatic heterocycles. The van der Waals surface area contributed by atoms with Crippen LogP contribution in [0.4, 0.5) is 4.79 Å². The number of benzene rings is 2. The molecule has 2 rings (SSSR count). The molecule has 26 heavy (non-hydrogen) atoms. The van der Waals surface area contributed by atoms with E-state index < -0.39 is 21.5 Å². The molecule has 0 aliphatic carbocycles. The van der Waals surface area contributed by atoms with Gasteiger partial charge in [-0.15, -0.1) is 0 Å². The van der Waals surface area contributed by atoms with Crippen molar-refractivity contribution < 1.29 is 19.2 Å². The van der Waals surface area contributed by atoms with E-state index in [4.69, 9.17) is 32.7 Å². The van der Waals surface area contributed by atoms with Crippen LogP contribution in [0.5, 0.6) is 5.75 Å². The van der Waals surface area contributed by atoms with Crippen molar-refractivity contribution in [3.05, 3.63) is 75.8 Å². The third-order valence-corrected chi connectivity index (χ3v) is 4.23. The quantitative estimate of drug-likeness (QED) is 0.328. The highest BCUT2D eigenvalue weighted by molar-refractivity contribution is 6.47. The molecule has 0 spiro atoms. The van der Waals surface area contributed by atoms with E-state index in [2.05, 4.69) is 5.32 Å². The number of methoxy groups -OCH3 is 1. The van der Waals surface area contributed by atoms with Crippen molar-refractivity contribution >= 4 is 29.3 Å². The van der Waals surface area contributed by atoms with Gasteiger partial charge in [-0.2, -0.15) is 0 Å². The molecule has 0 radical (unpaired) electrons. The normalized spacial score (nSPS) is 12.1. The van der Waals surface area contributed by atoms with Crippen LogP contribution in [0.1, 0.15) is 17.2 Å². The molecule has 0 saturated heterocycles. The van der Waals surface area contributed by atoms with Crippen molar-refractivity contribution in [3.8, 4) is 5.75 Å². The van der Waals surface area contributed by atoms with Gasteiger partial charge in [0.1, 0.15) is 12.4 Å². The number of halogens is 2. The Morgan fingerprint density at radius 2 is 1.81 bits per heavy atom. The number of nitrogens with one attached hydrogen (secondary N) is 1. The van der Waals surface area contributed by atoms with Crippen LogP contribution in [-0.4, -0.2) is 22.6 Å². The smallest absolute Gasteiger partial charge is 0.408 e. The monoisotopic (exact) mass is 398 g/mol. The molecule has 0 heterocycles. The summed E-state index contributed by atoms with van der Waals surface area (Å²) in [6.45, 7) is -0.0125. The van der Waals surface area contributed by atoms with E-state index in [0.717, 1.165) is 5.56 Å². The number of nitro groups is 1. The molecule has 0 aliphatic heterocycles. The number of amides is 1. The second kappa shape index (κ2) is 8.73. The number of hydrogen-bond acceptors (Lipinski definition) is 5. The number of hydrogen-bond donors (Lipinski definition) is 1. The van der Waals surface area contributed by atoms with Gasteiger partial charge in [0.05, 0.1) is 12.0 Å². The predicted octanol–water partition coefficient (Wildman–Crippen LogP) is 4.07. The van der Waals surface area contributed by atoms with Gasteiger partial charge in [-0.25, -0.2) is 4.79 Å². The van der Waals surface area contributed by atoms with Gasteiger partial charge in [0.15, 0.2) is 6.04 Å². The van der Waals surface area contributed by atoms with Crippen LogP contribution in [0, 0.1) is 10.1 Å². The third kappa shape index (κ3) is 4.77. The van der Waals surface area contributed by atoms with Crippen LogP contribution >= 0.6 is 23.2 Å². The number of para-hydroxylation sites is 1. The largest absolute Gasteiger partial charge is 0.496 e. The Balaban J connectivity index is 2.21. The van der Waals surface area contributed by atoms with E-state index in [1.54, 1.807) is 42.5 Å². The fraction of sp³-hybridized carbons (Fsp3) is 0.235. The van der Waals surface area contributed by atoms with E-state index in [1.807, 2.05) is 6.07 Å². The number of carbonyl (C=O) groups excluding carboxylic acids is 1. The summed E-state index contributed by atoms with van der Waals surface area (Å²) in [6, 6.07) is 13.9. The summed E-state index contributed by atoms with van der Waals surface area (Å²) in [5.41, 5.74) is 1.00. The van der Waals surface area contributed by atoms with Crippen LogP contribution in [0.15, 0.2) is 54.6 Å². The molecule has 7 nitrogen and oxygen atoms in total. The molecule has 0 bridgehead atoms. The Labute approximate surface area is 160 Å². The summed E-state index contributed by atoms with van der Waals surface area (Å²) in [4.78, 5) is 22.6. The second-order valence-corrected chi connectivity index (χ2v) is 6.57. The number of carbonyl (C=O) groups is 1. The Morgan fingerprint density at radius 1 is 1.19 bits per heavy atom. The number of alkyl halides is 2. The lowest BCUT2D eigenvalue weighted by molar-refractivity contribution is -0.521. The number of alkyl carbamates (subject to hydrolysis) is 1. The predicted molar refractivity (Wildman–Crippen MR) is 96.9 cm³/mol. The number of nitrogens with zero attached hydrogens (tertiary/aromatic N) is 1. The van der Waals surface area contributed by atoms with Crippen LogP contribution in [0.25, 0.3) is 0 Å². The Kier molecular flexibility index (Phi) is 6.65. The second-order valence-electron chi connectivity index (χ2n) is 5.23. The standard InChI is InChI=1S/C17H16Cl2N2O5/c1-25-14-10-6-5-9-13(14)15(17(18,19)21(23)24)20-16(22)26-11-12-7-3-2-4-8-12/h2-10,15H,11H2,1H3,(H,20,22)/t15-/m1/s1. The Bertz CT molecular complexity index is 771. The van der Waals surface area contributed by atoms with Crippen molar-refractivity contribution in [1.29, 1.82) is 0 Å². The third-order valence-electron chi connectivity index (χ3n) is 3.52. The van der Waals surface area contributed by atoms with E-state index in [1.165, 1.54) is 13.2 Å².